The van der Waals surface area contributed by atoms with Crippen LogP contribution in [0.15, 0.2) is 186 Å². The van der Waals surface area contributed by atoms with Crippen LogP contribution in [0.5, 0.6) is 0 Å². The van der Waals surface area contributed by atoms with Gasteiger partial charge >= 0.3 is 0 Å². The SMILES string of the molecule is [2H]c1c([2H])c([2H])c(-c2c3ccccc3c(-c3c([2H])c([2H])c4c(oc5c([2H])c6c([2H])c([2H])c([2H])c([2H])c6c([2H])c54)c3[2H])c3ccccc23)c(-c2c([2H])c([2H])c(-c3ccccc3)c([2H])c2[2H])c1[2H]. The largest absolute Gasteiger partial charge is 0.456 e. The summed E-state index contributed by atoms with van der Waals surface area (Å²) in [7, 11) is 0. The molecule has 0 saturated carbocycles. The Hall–Kier alpha value is -6.44. The molecule has 9 aromatic carbocycles. The summed E-state index contributed by atoms with van der Waals surface area (Å²) in [5.74, 6) is 0. The lowest BCUT2D eigenvalue weighted by Gasteiger charge is -2.19. The van der Waals surface area contributed by atoms with Gasteiger partial charge in [-0.2, -0.15) is 0 Å². The molecule has 0 aliphatic rings. The highest BCUT2D eigenvalue weighted by Gasteiger charge is 2.20. The predicted octanol–water partition coefficient (Wildman–Crippen LogP) is 13.7. The quantitative estimate of drug-likeness (QED) is 0.175. The van der Waals surface area contributed by atoms with E-state index in [4.69, 9.17) is 18.1 Å². The standard InChI is InChI=1S/C48H30O/c1-2-12-31(13-3-1)32-22-24-33(25-23-32)37-16-6-7-17-39(37)48-42-20-10-8-18-40(42)47(41-19-9-11-21-43(41)48)36-26-27-38-44-28-34-14-4-5-15-35(34)29-46(44)49-45(38)30-36/h1-30H/i4D,5D,6D,7D,14D,15D,16D,17D,22D,23D,24D,25D,26D,27D,28D,29D,30D. The molecule has 228 valence electrons. The van der Waals surface area contributed by atoms with Crippen LogP contribution < -0.4 is 0 Å². The Balaban J connectivity index is 1.34. The average Bonchev–Trinajstić information content (AvgIpc) is 3.74. The third kappa shape index (κ3) is 4.47. The summed E-state index contributed by atoms with van der Waals surface area (Å²) in [6.07, 6.45) is 0. The molecule has 0 saturated heterocycles. The second kappa shape index (κ2) is 11.1. The van der Waals surface area contributed by atoms with Crippen molar-refractivity contribution < 1.29 is 27.7 Å². The maximum Gasteiger partial charge on any atom is 0.136 e. The van der Waals surface area contributed by atoms with Crippen LogP contribution in [0.3, 0.4) is 0 Å². The number of rotatable bonds is 4. The molecule has 10 rings (SSSR count). The minimum absolute atomic E-state index is 0.0158. The van der Waals surface area contributed by atoms with Gasteiger partial charge in [-0.3, -0.25) is 0 Å². The molecule has 0 amide bonds. The van der Waals surface area contributed by atoms with Crippen LogP contribution in [0.25, 0.3) is 98.8 Å². The van der Waals surface area contributed by atoms with Crippen molar-refractivity contribution in [3.63, 3.8) is 0 Å². The van der Waals surface area contributed by atoms with E-state index in [1.54, 1.807) is 78.9 Å². The van der Waals surface area contributed by atoms with Crippen LogP contribution in [-0.2, 0) is 0 Å². The van der Waals surface area contributed by atoms with Crippen LogP contribution in [-0.4, -0.2) is 0 Å². The van der Waals surface area contributed by atoms with E-state index in [1.165, 1.54) is 0 Å². The van der Waals surface area contributed by atoms with Crippen LogP contribution in [0.1, 0.15) is 23.3 Å². The summed E-state index contributed by atoms with van der Waals surface area (Å²) in [5.41, 5.74) is -0.468. The second-order valence-electron chi connectivity index (χ2n) is 11.5. The Morgan fingerprint density at radius 3 is 1.57 bits per heavy atom. The summed E-state index contributed by atoms with van der Waals surface area (Å²) < 4.78 is 160. The fourth-order valence-corrected chi connectivity index (χ4v) is 6.52. The van der Waals surface area contributed by atoms with Crippen molar-refractivity contribution in [2.45, 2.75) is 0 Å². The maximum atomic E-state index is 9.69. The molecule has 49 heavy (non-hydrogen) atoms. The molecule has 10 aromatic rings. The van der Waals surface area contributed by atoms with Gasteiger partial charge in [-0.25, -0.2) is 0 Å². The molecule has 0 bridgehead atoms. The fourth-order valence-electron chi connectivity index (χ4n) is 6.52. The maximum absolute atomic E-state index is 9.69. The highest BCUT2D eigenvalue weighted by molar-refractivity contribution is 6.23. The molecule has 0 unspecified atom stereocenters. The molecule has 0 radical (unpaired) electrons. The number of hydrogen-bond donors (Lipinski definition) is 0. The molecular weight excluding hydrogens is 593 g/mol. The van der Waals surface area contributed by atoms with E-state index in [-0.39, 0.29) is 71.7 Å². The highest BCUT2D eigenvalue weighted by atomic mass is 16.3. The third-order valence-corrected chi connectivity index (χ3v) is 8.69. The van der Waals surface area contributed by atoms with E-state index in [0.29, 0.717) is 27.1 Å². The second-order valence-corrected chi connectivity index (χ2v) is 11.5. The van der Waals surface area contributed by atoms with Crippen LogP contribution in [0.4, 0.5) is 0 Å². The van der Waals surface area contributed by atoms with Crippen molar-refractivity contribution in [2.75, 3.05) is 0 Å². The molecule has 0 N–H and O–H groups in total. The zero-order valence-corrected chi connectivity index (χ0v) is 25.4. The first kappa shape index (κ1) is 15.6. The lowest BCUT2D eigenvalue weighted by Crippen LogP contribution is -1.92. The van der Waals surface area contributed by atoms with Crippen molar-refractivity contribution in [3.05, 3.63) is 182 Å². The van der Waals surface area contributed by atoms with E-state index in [9.17, 15) is 9.60 Å². The summed E-state index contributed by atoms with van der Waals surface area (Å²) in [6, 6.07) is 13.0. The summed E-state index contributed by atoms with van der Waals surface area (Å²) in [6.45, 7) is 0. The highest BCUT2D eigenvalue weighted by Crippen LogP contribution is 2.47. The Labute approximate surface area is 308 Å². The molecule has 0 fully saturated rings. The summed E-state index contributed by atoms with van der Waals surface area (Å²) in [5, 5.41) is 0.550. The summed E-state index contributed by atoms with van der Waals surface area (Å²) >= 11 is 0. The van der Waals surface area contributed by atoms with Crippen molar-refractivity contribution in [1.29, 1.82) is 0 Å². The Bertz CT molecular complexity index is 3760. The smallest absolute Gasteiger partial charge is 0.136 e. The van der Waals surface area contributed by atoms with Gasteiger partial charge in [-0.1, -0.05) is 157 Å². The van der Waals surface area contributed by atoms with Gasteiger partial charge in [0.1, 0.15) is 11.2 Å². The molecule has 0 atom stereocenters. The van der Waals surface area contributed by atoms with Gasteiger partial charge in [0.05, 0.1) is 23.3 Å². The predicted molar refractivity (Wildman–Crippen MR) is 208 cm³/mol. The lowest BCUT2D eigenvalue weighted by molar-refractivity contribution is 0.669. The lowest BCUT2D eigenvalue weighted by atomic mass is 9.83. The number of furan rings is 1. The van der Waals surface area contributed by atoms with Gasteiger partial charge in [0, 0.05) is 10.8 Å². The van der Waals surface area contributed by atoms with Crippen LogP contribution in [0.2, 0.25) is 0 Å². The minimum Gasteiger partial charge on any atom is -0.456 e. The first-order valence-corrected chi connectivity index (χ1v) is 15.5. The monoisotopic (exact) mass is 639 g/mol. The van der Waals surface area contributed by atoms with E-state index in [2.05, 4.69) is 0 Å². The average molecular weight is 640 g/mol. The molecule has 1 nitrogen and oxygen atoms in total. The van der Waals surface area contributed by atoms with Gasteiger partial charge in [-0.15, -0.1) is 0 Å². The molecule has 1 heterocycles. The molecule has 0 spiro atoms. The van der Waals surface area contributed by atoms with Gasteiger partial charge in [0.25, 0.3) is 0 Å². The normalized spacial score (nSPS) is 16.5. The van der Waals surface area contributed by atoms with E-state index in [1.807, 2.05) is 0 Å². The van der Waals surface area contributed by atoms with Gasteiger partial charge in [-0.05, 0) is 101 Å². The van der Waals surface area contributed by atoms with Gasteiger partial charge < -0.3 is 4.42 Å². The molecule has 0 aliphatic carbocycles. The zero-order valence-electron chi connectivity index (χ0n) is 42.4. The summed E-state index contributed by atoms with van der Waals surface area (Å²) in [4.78, 5) is 0. The van der Waals surface area contributed by atoms with Crippen LogP contribution >= 0.6 is 0 Å². The van der Waals surface area contributed by atoms with E-state index < -0.39 is 103 Å². The van der Waals surface area contributed by atoms with Crippen molar-refractivity contribution >= 4 is 54.3 Å². The first-order valence-electron chi connectivity index (χ1n) is 24.0. The molecule has 1 heteroatoms. The number of hydrogen-bond acceptors (Lipinski definition) is 1. The third-order valence-electron chi connectivity index (χ3n) is 8.69. The van der Waals surface area contributed by atoms with Gasteiger partial charge in [0.15, 0.2) is 0 Å². The topological polar surface area (TPSA) is 13.1 Å². The van der Waals surface area contributed by atoms with Crippen LogP contribution in [0, 0.1) is 0 Å². The molecule has 1 aromatic heterocycles. The van der Waals surface area contributed by atoms with Crippen molar-refractivity contribution in [1.82, 2.24) is 0 Å². The minimum atomic E-state index is -0.662. The van der Waals surface area contributed by atoms with E-state index in [0.717, 1.165) is 0 Å². The fraction of sp³-hybridized carbons (Fsp3) is 0. The number of fused-ring (bicyclic) bond motifs is 6. The Kier molecular flexibility index (Phi) is 3.54. The Morgan fingerprint density at radius 2 is 0.878 bits per heavy atom. The first-order chi connectivity index (χ1) is 31.4. The van der Waals surface area contributed by atoms with Crippen molar-refractivity contribution in [3.8, 4) is 44.5 Å². The zero-order chi connectivity index (χ0) is 47.1. The Morgan fingerprint density at radius 1 is 0.347 bits per heavy atom. The van der Waals surface area contributed by atoms with E-state index >= 15 is 0 Å². The number of benzene rings is 9. The molecular formula is C48H30O. The van der Waals surface area contributed by atoms with Gasteiger partial charge in [0.2, 0.25) is 0 Å². The molecule has 0 aliphatic heterocycles. The van der Waals surface area contributed by atoms with Crippen molar-refractivity contribution in [2.24, 2.45) is 0 Å².